The minimum absolute atomic E-state index is 0.393. The smallest absolute Gasteiger partial charge is 0.137 e. The van der Waals surface area contributed by atoms with Crippen molar-refractivity contribution in [2.24, 2.45) is 0 Å². The van der Waals surface area contributed by atoms with Crippen LogP contribution < -0.4 is 5.32 Å². The molecule has 2 aromatic rings. The van der Waals surface area contributed by atoms with Gasteiger partial charge in [0.25, 0.3) is 0 Å². The Balaban J connectivity index is 1.77. The van der Waals surface area contributed by atoms with Crippen molar-refractivity contribution in [1.82, 2.24) is 20.1 Å². The second-order valence-corrected chi connectivity index (χ2v) is 5.28. The Morgan fingerprint density at radius 1 is 1.50 bits per heavy atom. The summed E-state index contributed by atoms with van der Waals surface area (Å²) in [5.41, 5.74) is 0. The largest absolute Gasteiger partial charge is 0.308 e. The molecular weight excluding hydrogens is 220 g/mol. The second kappa shape index (κ2) is 5.23. The van der Waals surface area contributed by atoms with Crippen molar-refractivity contribution in [3.8, 4) is 0 Å². The molecule has 0 radical (unpaired) electrons. The highest BCUT2D eigenvalue weighted by Crippen LogP contribution is 2.14. The van der Waals surface area contributed by atoms with Crippen LogP contribution in [0.4, 0.5) is 0 Å². The highest BCUT2D eigenvalue weighted by atomic mass is 32.1. The number of hydrogen-bond acceptors (Lipinski definition) is 4. The summed E-state index contributed by atoms with van der Waals surface area (Å²) in [7, 11) is 0. The normalized spacial score (nSPS) is 12.9. The van der Waals surface area contributed by atoms with Crippen LogP contribution in [-0.2, 0) is 13.1 Å². The maximum atomic E-state index is 4.08. The van der Waals surface area contributed by atoms with Crippen molar-refractivity contribution >= 4 is 11.3 Å². The van der Waals surface area contributed by atoms with Gasteiger partial charge in [0.15, 0.2) is 0 Å². The molecule has 0 aliphatic carbocycles. The quantitative estimate of drug-likeness (QED) is 0.861. The summed E-state index contributed by atoms with van der Waals surface area (Å²) in [5, 5.41) is 7.56. The predicted octanol–water partition coefficient (Wildman–Crippen LogP) is 1.83. The Hall–Kier alpha value is -1.20. The Morgan fingerprint density at radius 3 is 3.00 bits per heavy atom. The summed E-state index contributed by atoms with van der Waals surface area (Å²) in [4.78, 5) is 6.66. The van der Waals surface area contributed by atoms with Crippen LogP contribution in [0.25, 0.3) is 0 Å². The van der Waals surface area contributed by atoms with E-state index in [4.69, 9.17) is 0 Å². The van der Waals surface area contributed by atoms with Gasteiger partial charge in [-0.25, -0.2) is 4.98 Å². The number of nitrogens with one attached hydrogen (secondary N) is 1. The minimum Gasteiger partial charge on any atom is -0.308 e. The molecule has 4 nitrogen and oxygen atoms in total. The van der Waals surface area contributed by atoms with E-state index in [2.05, 4.69) is 41.4 Å². The van der Waals surface area contributed by atoms with Gasteiger partial charge >= 0.3 is 0 Å². The highest BCUT2D eigenvalue weighted by Gasteiger charge is 2.03. The summed E-state index contributed by atoms with van der Waals surface area (Å²) in [5.74, 6) is 0. The fraction of sp³-hybridized carbons (Fsp3) is 0.455. The molecule has 5 heteroatoms. The molecule has 0 amide bonds. The van der Waals surface area contributed by atoms with Crippen LogP contribution in [0.5, 0.6) is 0 Å². The lowest BCUT2D eigenvalue weighted by molar-refractivity contribution is 0.451. The fourth-order valence-electron chi connectivity index (χ4n) is 1.53. The molecule has 0 aliphatic rings. The molecule has 2 heterocycles. The van der Waals surface area contributed by atoms with Gasteiger partial charge in [-0.3, -0.25) is 4.68 Å². The molecule has 0 saturated carbocycles. The lowest BCUT2D eigenvalue weighted by Gasteiger charge is -2.12. The third-order valence-electron chi connectivity index (χ3n) is 2.35. The Bertz CT molecular complexity index is 421. The Kier molecular flexibility index (Phi) is 3.69. The van der Waals surface area contributed by atoms with Gasteiger partial charge in [-0.05, 0) is 26.0 Å². The first-order chi connectivity index (χ1) is 7.74. The van der Waals surface area contributed by atoms with Crippen LogP contribution in [0.2, 0.25) is 0 Å². The standard InChI is InChI=1S/C11H16N4S/c1-9(6-15-8-12-7-14-15)13-5-11-4-3-10(2)16-11/h3-4,7-9,13H,5-6H2,1-2H3. The van der Waals surface area contributed by atoms with Crippen LogP contribution in [-0.4, -0.2) is 20.8 Å². The van der Waals surface area contributed by atoms with Crippen LogP contribution in [0.3, 0.4) is 0 Å². The van der Waals surface area contributed by atoms with Gasteiger partial charge < -0.3 is 5.32 Å². The van der Waals surface area contributed by atoms with Crippen molar-refractivity contribution < 1.29 is 0 Å². The van der Waals surface area contributed by atoms with Crippen molar-refractivity contribution in [1.29, 1.82) is 0 Å². The molecule has 2 aromatic heterocycles. The van der Waals surface area contributed by atoms with Crippen LogP contribution >= 0.6 is 11.3 Å². The lowest BCUT2D eigenvalue weighted by Crippen LogP contribution is -2.29. The first kappa shape index (κ1) is 11.3. The average molecular weight is 236 g/mol. The molecule has 1 atom stereocenters. The summed E-state index contributed by atoms with van der Waals surface area (Å²) in [6.07, 6.45) is 3.31. The molecular formula is C11H16N4S. The molecule has 0 fully saturated rings. The molecule has 2 rings (SSSR count). The second-order valence-electron chi connectivity index (χ2n) is 3.91. The van der Waals surface area contributed by atoms with Crippen LogP contribution in [0.1, 0.15) is 16.7 Å². The zero-order chi connectivity index (χ0) is 11.4. The number of aromatic nitrogens is 3. The summed E-state index contributed by atoms with van der Waals surface area (Å²) < 4.78 is 1.84. The maximum absolute atomic E-state index is 4.08. The monoisotopic (exact) mass is 236 g/mol. The molecule has 1 unspecified atom stereocenters. The van der Waals surface area contributed by atoms with Gasteiger partial charge in [0.2, 0.25) is 0 Å². The molecule has 0 aliphatic heterocycles. The van der Waals surface area contributed by atoms with E-state index in [1.54, 1.807) is 12.7 Å². The van der Waals surface area contributed by atoms with Crippen LogP contribution in [0.15, 0.2) is 24.8 Å². The van der Waals surface area contributed by atoms with Gasteiger partial charge in [-0.15, -0.1) is 11.3 Å². The lowest BCUT2D eigenvalue weighted by atomic mass is 10.3. The van der Waals surface area contributed by atoms with E-state index in [1.807, 2.05) is 16.0 Å². The zero-order valence-corrected chi connectivity index (χ0v) is 10.4. The van der Waals surface area contributed by atoms with Gasteiger partial charge in [0.1, 0.15) is 12.7 Å². The highest BCUT2D eigenvalue weighted by molar-refractivity contribution is 7.11. The van der Waals surface area contributed by atoms with E-state index in [9.17, 15) is 0 Å². The zero-order valence-electron chi connectivity index (χ0n) is 9.55. The maximum Gasteiger partial charge on any atom is 0.137 e. The van der Waals surface area contributed by atoms with Gasteiger partial charge in [0, 0.05) is 22.3 Å². The first-order valence-electron chi connectivity index (χ1n) is 5.35. The molecule has 0 aromatic carbocycles. The minimum atomic E-state index is 0.393. The third-order valence-corrected chi connectivity index (χ3v) is 3.35. The van der Waals surface area contributed by atoms with Gasteiger partial charge in [0.05, 0.1) is 6.54 Å². The number of rotatable bonds is 5. The predicted molar refractivity (Wildman–Crippen MR) is 65.4 cm³/mol. The van der Waals surface area contributed by atoms with E-state index in [-0.39, 0.29) is 0 Å². The van der Waals surface area contributed by atoms with E-state index < -0.39 is 0 Å². The molecule has 0 saturated heterocycles. The number of nitrogens with zero attached hydrogens (tertiary/aromatic N) is 3. The summed E-state index contributed by atoms with van der Waals surface area (Å²) in [6.45, 7) is 6.06. The van der Waals surface area contributed by atoms with E-state index in [0.29, 0.717) is 6.04 Å². The average Bonchev–Trinajstić information content (AvgIpc) is 2.87. The first-order valence-corrected chi connectivity index (χ1v) is 6.17. The van der Waals surface area contributed by atoms with Crippen molar-refractivity contribution in [3.63, 3.8) is 0 Å². The molecule has 86 valence electrons. The summed E-state index contributed by atoms with van der Waals surface area (Å²) >= 11 is 1.84. The van der Waals surface area contributed by atoms with Crippen LogP contribution in [0, 0.1) is 6.92 Å². The SMILES string of the molecule is Cc1ccc(CNC(C)Cn2cncn2)s1. The molecule has 16 heavy (non-hydrogen) atoms. The van der Waals surface area contributed by atoms with Gasteiger partial charge in [-0.2, -0.15) is 5.10 Å². The number of aryl methyl sites for hydroxylation is 1. The Morgan fingerprint density at radius 2 is 2.38 bits per heavy atom. The van der Waals surface area contributed by atoms with Crippen molar-refractivity contribution in [2.75, 3.05) is 0 Å². The number of thiophene rings is 1. The molecule has 1 N–H and O–H groups in total. The summed E-state index contributed by atoms with van der Waals surface area (Å²) in [6, 6.07) is 4.72. The third kappa shape index (κ3) is 3.15. The van der Waals surface area contributed by atoms with Crippen molar-refractivity contribution in [3.05, 3.63) is 34.5 Å². The molecule has 0 spiro atoms. The molecule has 0 bridgehead atoms. The Labute approximate surface area is 99.3 Å². The van der Waals surface area contributed by atoms with Gasteiger partial charge in [-0.1, -0.05) is 0 Å². The topological polar surface area (TPSA) is 42.7 Å². The van der Waals surface area contributed by atoms with E-state index in [0.717, 1.165) is 13.1 Å². The van der Waals surface area contributed by atoms with E-state index >= 15 is 0 Å². The van der Waals surface area contributed by atoms with E-state index in [1.165, 1.54) is 9.75 Å². The fourth-order valence-corrected chi connectivity index (χ4v) is 2.37. The number of hydrogen-bond donors (Lipinski definition) is 1. The van der Waals surface area contributed by atoms with Crippen molar-refractivity contribution in [2.45, 2.75) is 33.0 Å².